The van der Waals surface area contributed by atoms with Crippen molar-refractivity contribution in [2.45, 2.75) is 18.2 Å². The SMILES string of the molecule is CSCC[C@H](N)C(O)(O)c1ccccn1. The van der Waals surface area contributed by atoms with Gasteiger partial charge in [-0.25, -0.2) is 0 Å². The Morgan fingerprint density at radius 3 is 2.80 bits per heavy atom. The molecule has 0 spiro atoms. The highest BCUT2D eigenvalue weighted by molar-refractivity contribution is 7.98. The van der Waals surface area contributed by atoms with Gasteiger partial charge in [0.05, 0.1) is 6.04 Å². The molecule has 1 aromatic heterocycles. The Kier molecular flexibility index (Phi) is 4.53. The summed E-state index contributed by atoms with van der Waals surface area (Å²) in [5.41, 5.74) is 5.91. The van der Waals surface area contributed by atoms with Crippen LogP contribution in [0.3, 0.4) is 0 Å². The van der Waals surface area contributed by atoms with Crippen LogP contribution >= 0.6 is 11.8 Å². The van der Waals surface area contributed by atoms with E-state index in [1.54, 1.807) is 30.0 Å². The van der Waals surface area contributed by atoms with Gasteiger partial charge >= 0.3 is 0 Å². The van der Waals surface area contributed by atoms with E-state index in [4.69, 9.17) is 5.73 Å². The van der Waals surface area contributed by atoms with Crippen LogP contribution in [-0.4, -0.2) is 33.2 Å². The highest BCUT2D eigenvalue weighted by Gasteiger charge is 2.34. The van der Waals surface area contributed by atoms with Crippen molar-refractivity contribution >= 4 is 11.8 Å². The highest BCUT2D eigenvalue weighted by atomic mass is 32.2. The maximum atomic E-state index is 9.84. The molecule has 0 aliphatic carbocycles. The number of aromatic nitrogens is 1. The Morgan fingerprint density at radius 1 is 1.53 bits per heavy atom. The first-order chi connectivity index (χ1) is 7.09. The van der Waals surface area contributed by atoms with E-state index in [0.717, 1.165) is 5.75 Å². The minimum atomic E-state index is -2.04. The van der Waals surface area contributed by atoms with Crippen LogP contribution in [0.15, 0.2) is 24.4 Å². The van der Waals surface area contributed by atoms with Gasteiger partial charge < -0.3 is 15.9 Å². The summed E-state index contributed by atoms with van der Waals surface area (Å²) in [5, 5.41) is 19.7. The monoisotopic (exact) mass is 228 g/mol. The molecule has 1 aromatic rings. The molecular weight excluding hydrogens is 212 g/mol. The average Bonchev–Trinajstić information content (AvgIpc) is 2.27. The fraction of sp³-hybridized carbons (Fsp3) is 0.500. The van der Waals surface area contributed by atoms with Gasteiger partial charge in [0.1, 0.15) is 5.69 Å². The standard InChI is InChI=1S/C10H16N2O2S/c1-15-7-5-8(11)10(13,14)9-4-2-3-6-12-9/h2-4,6,8,13-14H,5,7,11H2,1H3/t8-/m0/s1. The molecular formula is C10H16N2O2S. The van der Waals surface area contributed by atoms with Gasteiger partial charge in [0.2, 0.25) is 5.79 Å². The van der Waals surface area contributed by atoms with Crippen molar-refractivity contribution in [1.82, 2.24) is 4.98 Å². The second-order valence-corrected chi connectivity index (χ2v) is 4.31. The molecule has 0 aliphatic heterocycles. The summed E-state index contributed by atoms with van der Waals surface area (Å²) < 4.78 is 0. The zero-order valence-corrected chi connectivity index (χ0v) is 9.44. The second kappa shape index (κ2) is 5.46. The Labute approximate surface area is 93.5 Å². The second-order valence-electron chi connectivity index (χ2n) is 3.33. The lowest BCUT2D eigenvalue weighted by Gasteiger charge is -2.27. The summed E-state index contributed by atoms with van der Waals surface area (Å²) in [5.74, 6) is -1.26. The van der Waals surface area contributed by atoms with Crippen LogP contribution in [0.25, 0.3) is 0 Å². The lowest BCUT2D eigenvalue weighted by Crippen LogP contribution is -2.46. The maximum Gasteiger partial charge on any atom is 0.223 e. The van der Waals surface area contributed by atoms with Crippen LogP contribution in [0.5, 0.6) is 0 Å². The third-order valence-corrected chi connectivity index (χ3v) is 2.84. The van der Waals surface area contributed by atoms with Crippen molar-refractivity contribution in [3.8, 4) is 0 Å². The fourth-order valence-electron chi connectivity index (χ4n) is 1.22. The fourth-order valence-corrected chi connectivity index (χ4v) is 1.71. The molecule has 0 amide bonds. The van der Waals surface area contributed by atoms with Crippen LogP contribution < -0.4 is 5.73 Å². The third-order valence-electron chi connectivity index (χ3n) is 2.19. The predicted octanol–water partition coefficient (Wildman–Crippen LogP) is 0.299. The summed E-state index contributed by atoms with van der Waals surface area (Å²) in [7, 11) is 0. The number of nitrogens with two attached hydrogens (primary N) is 1. The largest absolute Gasteiger partial charge is 0.360 e. The molecule has 0 saturated heterocycles. The van der Waals surface area contributed by atoms with Crippen molar-refractivity contribution in [2.24, 2.45) is 5.73 Å². The Bertz CT molecular complexity index is 293. The predicted molar refractivity (Wildman–Crippen MR) is 61.3 cm³/mol. The molecule has 0 radical (unpaired) electrons. The zero-order chi connectivity index (χ0) is 11.3. The number of pyridine rings is 1. The number of hydrogen-bond acceptors (Lipinski definition) is 5. The molecule has 0 bridgehead atoms. The molecule has 1 rings (SSSR count). The highest BCUT2D eigenvalue weighted by Crippen LogP contribution is 2.21. The van der Waals surface area contributed by atoms with Gasteiger partial charge in [0, 0.05) is 6.20 Å². The number of rotatable bonds is 5. The normalized spacial score (nSPS) is 13.9. The molecule has 4 nitrogen and oxygen atoms in total. The quantitative estimate of drug-likeness (QED) is 0.632. The van der Waals surface area contributed by atoms with Crippen LogP contribution in [0.2, 0.25) is 0 Å². The van der Waals surface area contributed by atoms with Crippen LogP contribution in [0.4, 0.5) is 0 Å². The zero-order valence-electron chi connectivity index (χ0n) is 8.63. The first-order valence-corrected chi connectivity index (χ1v) is 6.09. The third kappa shape index (κ3) is 3.17. The smallest absolute Gasteiger partial charge is 0.223 e. The van der Waals surface area contributed by atoms with E-state index in [1.807, 2.05) is 6.26 Å². The van der Waals surface area contributed by atoms with Gasteiger partial charge in [-0.2, -0.15) is 11.8 Å². The van der Waals surface area contributed by atoms with Crippen molar-refractivity contribution in [3.63, 3.8) is 0 Å². The molecule has 15 heavy (non-hydrogen) atoms. The summed E-state index contributed by atoms with van der Waals surface area (Å²) in [4.78, 5) is 3.89. The van der Waals surface area contributed by atoms with Gasteiger partial charge in [-0.15, -0.1) is 0 Å². The van der Waals surface area contributed by atoms with E-state index in [1.165, 1.54) is 6.20 Å². The van der Waals surface area contributed by atoms with Crippen LogP contribution in [-0.2, 0) is 5.79 Å². The lowest BCUT2D eigenvalue weighted by molar-refractivity contribution is -0.189. The van der Waals surface area contributed by atoms with Gasteiger partial charge in [-0.1, -0.05) is 6.07 Å². The molecule has 0 aliphatic rings. The first kappa shape index (κ1) is 12.4. The molecule has 84 valence electrons. The van der Waals surface area contributed by atoms with Gasteiger partial charge in [0.15, 0.2) is 0 Å². The van der Waals surface area contributed by atoms with Crippen molar-refractivity contribution in [1.29, 1.82) is 0 Å². The number of nitrogens with zero attached hydrogens (tertiary/aromatic N) is 1. The van der Waals surface area contributed by atoms with Crippen LogP contribution in [0, 0.1) is 0 Å². The molecule has 0 saturated carbocycles. The Balaban J connectivity index is 2.73. The molecule has 1 heterocycles. The Morgan fingerprint density at radius 2 is 2.27 bits per heavy atom. The van der Waals surface area contributed by atoms with Gasteiger partial charge in [0.25, 0.3) is 0 Å². The van der Waals surface area contributed by atoms with Crippen molar-refractivity contribution in [3.05, 3.63) is 30.1 Å². The number of aliphatic hydroxyl groups is 2. The van der Waals surface area contributed by atoms with Gasteiger partial charge in [-0.3, -0.25) is 4.98 Å². The van der Waals surface area contributed by atoms with E-state index in [2.05, 4.69) is 4.98 Å². The number of thioether (sulfide) groups is 1. The van der Waals surface area contributed by atoms with E-state index < -0.39 is 11.8 Å². The van der Waals surface area contributed by atoms with E-state index in [9.17, 15) is 10.2 Å². The topological polar surface area (TPSA) is 79.4 Å². The van der Waals surface area contributed by atoms with Crippen LogP contribution in [0.1, 0.15) is 12.1 Å². The summed E-state index contributed by atoms with van der Waals surface area (Å²) in [6.45, 7) is 0. The number of hydrogen-bond donors (Lipinski definition) is 3. The summed E-state index contributed by atoms with van der Waals surface area (Å²) >= 11 is 1.62. The minimum Gasteiger partial charge on any atom is -0.360 e. The molecule has 5 heteroatoms. The van der Waals surface area contributed by atoms with Crippen molar-refractivity contribution < 1.29 is 10.2 Å². The maximum absolute atomic E-state index is 9.84. The molecule has 4 N–H and O–H groups in total. The van der Waals surface area contributed by atoms with E-state index in [-0.39, 0.29) is 5.69 Å². The first-order valence-electron chi connectivity index (χ1n) is 4.69. The Hall–Kier alpha value is -0.620. The molecule has 0 aromatic carbocycles. The average molecular weight is 228 g/mol. The molecule has 0 unspecified atom stereocenters. The summed E-state index contributed by atoms with van der Waals surface area (Å²) in [6.07, 6.45) is 3.99. The van der Waals surface area contributed by atoms with Gasteiger partial charge in [-0.05, 0) is 30.6 Å². The van der Waals surface area contributed by atoms with Crippen molar-refractivity contribution in [2.75, 3.05) is 12.0 Å². The molecule has 0 fully saturated rings. The van der Waals surface area contributed by atoms with E-state index >= 15 is 0 Å². The summed E-state index contributed by atoms with van der Waals surface area (Å²) in [6, 6.07) is 4.25. The lowest BCUT2D eigenvalue weighted by atomic mass is 10.0. The van der Waals surface area contributed by atoms with E-state index in [0.29, 0.717) is 6.42 Å². The molecule has 1 atom stereocenters. The minimum absolute atomic E-state index is 0.193.